The van der Waals surface area contributed by atoms with Crippen LogP contribution in [-0.2, 0) is 6.42 Å². The van der Waals surface area contributed by atoms with E-state index in [1.165, 1.54) is 18.6 Å². The third-order valence-corrected chi connectivity index (χ3v) is 5.02. The van der Waals surface area contributed by atoms with Crippen molar-refractivity contribution in [3.63, 3.8) is 0 Å². The van der Waals surface area contributed by atoms with Crippen molar-refractivity contribution in [1.29, 1.82) is 0 Å². The summed E-state index contributed by atoms with van der Waals surface area (Å²) in [4.78, 5) is 27.4. The van der Waals surface area contributed by atoms with Gasteiger partial charge in [0.05, 0.1) is 5.69 Å². The number of carbonyl (C=O) groups excluding carboxylic acids is 2. The summed E-state index contributed by atoms with van der Waals surface area (Å²) in [6.07, 6.45) is 1.83. The summed E-state index contributed by atoms with van der Waals surface area (Å²) in [5.74, 6) is -0.550. The van der Waals surface area contributed by atoms with Crippen molar-refractivity contribution < 1.29 is 14.0 Å². The lowest BCUT2D eigenvalue weighted by atomic mass is 10.1. The van der Waals surface area contributed by atoms with Gasteiger partial charge in [-0.05, 0) is 43.5 Å². The van der Waals surface area contributed by atoms with E-state index in [1.54, 1.807) is 17.0 Å². The van der Waals surface area contributed by atoms with E-state index in [0.717, 1.165) is 12.8 Å². The molecule has 0 aromatic heterocycles. The van der Waals surface area contributed by atoms with E-state index in [1.807, 2.05) is 23.1 Å². The normalized spacial score (nSPS) is 14.1. The van der Waals surface area contributed by atoms with Gasteiger partial charge in [0, 0.05) is 38.3 Å². The molecular formula is C22H26FN3O2. The number of anilines is 1. The Morgan fingerprint density at radius 1 is 1.04 bits per heavy atom. The van der Waals surface area contributed by atoms with Crippen LogP contribution in [0.3, 0.4) is 0 Å². The van der Waals surface area contributed by atoms with E-state index >= 15 is 0 Å². The van der Waals surface area contributed by atoms with Crippen LogP contribution in [0.15, 0.2) is 48.5 Å². The Kier molecular flexibility index (Phi) is 6.63. The molecule has 0 aliphatic carbocycles. The summed E-state index contributed by atoms with van der Waals surface area (Å²) in [5, 5.41) is 2.97. The molecule has 1 fully saturated rings. The van der Waals surface area contributed by atoms with Gasteiger partial charge in [0.2, 0.25) is 0 Å². The van der Waals surface area contributed by atoms with E-state index < -0.39 is 5.82 Å². The standard InChI is InChI=1S/C22H26FN3O2/c1-17(27)19-9-10-21(20(23)16-19)25-12-14-26(15-13-25)22(28)24-11-5-8-18-6-3-2-4-7-18/h2-4,6-7,9-10,16H,5,8,11-15H2,1H3,(H,24,28). The maximum absolute atomic E-state index is 14.3. The van der Waals surface area contributed by atoms with Gasteiger partial charge in [-0.25, -0.2) is 9.18 Å². The van der Waals surface area contributed by atoms with Gasteiger partial charge in [0.1, 0.15) is 5.82 Å². The molecule has 1 N–H and O–H groups in total. The highest BCUT2D eigenvalue weighted by Crippen LogP contribution is 2.22. The highest BCUT2D eigenvalue weighted by molar-refractivity contribution is 5.94. The van der Waals surface area contributed by atoms with Gasteiger partial charge >= 0.3 is 6.03 Å². The molecule has 2 amide bonds. The highest BCUT2D eigenvalue weighted by atomic mass is 19.1. The minimum Gasteiger partial charge on any atom is -0.366 e. The fraction of sp³-hybridized carbons (Fsp3) is 0.364. The molecule has 28 heavy (non-hydrogen) atoms. The summed E-state index contributed by atoms with van der Waals surface area (Å²) < 4.78 is 14.3. The summed E-state index contributed by atoms with van der Waals surface area (Å²) >= 11 is 0. The summed E-state index contributed by atoms with van der Waals surface area (Å²) in [6, 6.07) is 14.7. The number of nitrogens with zero attached hydrogens (tertiary/aromatic N) is 2. The smallest absolute Gasteiger partial charge is 0.317 e. The number of benzene rings is 2. The topological polar surface area (TPSA) is 52.7 Å². The van der Waals surface area contributed by atoms with Crippen LogP contribution in [0, 0.1) is 5.82 Å². The minimum atomic E-state index is -0.397. The van der Waals surface area contributed by atoms with Crippen LogP contribution in [0.25, 0.3) is 0 Å². The van der Waals surface area contributed by atoms with Crippen LogP contribution in [-0.4, -0.2) is 49.4 Å². The van der Waals surface area contributed by atoms with Crippen molar-refractivity contribution in [2.75, 3.05) is 37.6 Å². The molecule has 0 spiro atoms. The fourth-order valence-corrected chi connectivity index (χ4v) is 3.38. The number of nitrogens with one attached hydrogen (secondary N) is 1. The molecule has 1 saturated heterocycles. The first-order valence-corrected chi connectivity index (χ1v) is 9.67. The van der Waals surface area contributed by atoms with Gasteiger partial charge in [-0.15, -0.1) is 0 Å². The molecule has 2 aromatic rings. The van der Waals surface area contributed by atoms with Crippen molar-refractivity contribution in [3.05, 3.63) is 65.5 Å². The fourth-order valence-electron chi connectivity index (χ4n) is 3.38. The van der Waals surface area contributed by atoms with Crippen molar-refractivity contribution in [2.24, 2.45) is 0 Å². The number of amides is 2. The third-order valence-electron chi connectivity index (χ3n) is 5.02. The second kappa shape index (κ2) is 9.35. The number of ketones is 1. The highest BCUT2D eigenvalue weighted by Gasteiger charge is 2.22. The maximum Gasteiger partial charge on any atom is 0.317 e. The lowest BCUT2D eigenvalue weighted by molar-refractivity contribution is 0.101. The molecule has 3 rings (SSSR count). The van der Waals surface area contributed by atoms with Crippen molar-refractivity contribution in [3.8, 4) is 0 Å². The van der Waals surface area contributed by atoms with E-state index in [4.69, 9.17) is 0 Å². The Hall–Kier alpha value is -2.89. The molecule has 148 valence electrons. The van der Waals surface area contributed by atoms with E-state index in [0.29, 0.717) is 44.0 Å². The van der Waals surface area contributed by atoms with E-state index in [2.05, 4.69) is 17.4 Å². The molecule has 2 aromatic carbocycles. The van der Waals surface area contributed by atoms with Gasteiger partial charge in [-0.3, -0.25) is 4.79 Å². The van der Waals surface area contributed by atoms with Gasteiger partial charge in [-0.2, -0.15) is 0 Å². The van der Waals surface area contributed by atoms with Crippen LogP contribution >= 0.6 is 0 Å². The summed E-state index contributed by atoms with van der Waals surface area (Å²) in [5.41, 5.74) is 2.12. The second-order valence-electron chi connectivity index (χ2n) is 7.02. The first-order chi connectivity index (χ1) is 13.5. The Morgan fingerprint density at radius 2 is 1.75 bits per heavy atom. The monoisotopic (exact) mass is 383 g/mol. The number of urea groups is 1. The summed E-state index contributed by atoms with van der Waals surface area (Å²) in [6.45, 7) is 4.26. The zero-order valence-electron chi connectivity index (χ0n) is 16.2. The lowest BCUT2D eigenvalue weighted by Crippen LogP contribution is -2.52. The average Bonchev–Trinajstić information content (AvgIpc) is 2.72. The van der Waals surface area contributed by atoms with Gasteiger partial charge in [0.15, 0.2) is 5.78 Å². The van der Waals surface area contributed by atoms with Crippen LogP contribution in [0.4, 0.5) is 14.9 Å². The average molecular weight is 383 g/mol. The minimum absolute atomic E-state index is 0.0693. The van der Waals surface area contributed by atoms with E-state index in [9.17, 15) is 14.0 Å². The molecule has 0 unspecified atom stereocenters. The molecule has 1 heterocycles. The van der Waals surface area contributed by atoms with E-state index in [-0.39, 0.29) is 11.8 Å². The number of hydrogen-bond acceptors (Lipinski definition) is 3. The van der Waals surface area contributed by atoms with Gasteiger partial charge in [-0.1, -0.05) is 30.3 Å². The first-order valence-electron chi connectivity index (χ1n) is 9.67. The molecule has 1 aliphatic heterocycles. The van der Waals surface area contributed by atoms with Crippen LogP contribution in [0.5, 0.6) is 0 Å². The quantitative estimate of drug-likeness (QED) is 0.614. The molecule has 6 heteroatoms. The van der Waals surface area contributed by atoms with Gasteiger partial charge in [0.25, 0.3) is 0 Å². The zero-order valence-corrected chi connectivity index (χ0v) is 16.2. The number of aryl methyl sites for hydroxylation is 1. The Morgan fingerprint density at radius 3 is 2.39 bits per heavy atom. The summed E-state index contributed by atoms with van der Waals surface area (Å²) in [7, 11) is 0. The Balaban J connectivity index is 1.43. The lowest BCUT2D eigenvalue weighted by Gasteiger charge is -2.36. The van der Waals surface area contributed by atoms with Crippen molar-refractivity contribution in [2.45, 2.75) is 19.8 Å². The SMILES string of the molecule is CC(=O)c1ccc(N2CCN(C(=O)NCCCc3ccccc3)CC2)c(F)c1. The van der Waals surface area contributed by atoms with Crippen LogP contribution < -0.4 is 10.2 Å². The molecule has 0 bridgehead atoms. The molecule has 5 nitrogen and oxygen atoms in total. The molecular weight excluding hydrogens is 357 g/mol. The Bertz CT molecular complexity index is 818. The largest absolute Gasteiger partial charge is 0.366 e. The molecule has 0 atom stereocenters. The number of hydrogen-bond donors (Lipinski definition) is 1. The van der Waals surface area contributed by atoms with Crippen molar-refractivity contribution in [1.82, 2.24) is 10.2 Å². The number of Topliss-reactive ketones (excluding diaryl/α,β-unsaturated/α-hetero) is 1. The van der Waals surface area contributed by atoms with Crippen molar-refractivity contribution >= 4 is 17.5 Å². The molecule has 0 saturated carbocycles. The Labute approximate surface area is 165 Å². The third kappa shape index (κ3) is 5.09. The number of carbonyl (C=O) groups is 2. The van der Waals surface area contributed by atoms with Crippen LogP contribution in [0.1, 0.15) is 29.3 Å². The van der Waals surface area contributed by atoms with Crippen LogP contribution in [0.2, 0.25) is 0 Å². The predicted molar refractivity (Wildman–Crippen MR) is 108 cm³/mol. The molecule has 1 aliphatic rings. The number of rotatable bonds is 6. The van der Waals surface area contributed by atoms with Gasteiger partial charge < -0.3 is 15.1 Å². The molecule has 0 radical (unpaired) electrons. The number of piperazine rings is 1. The maximum atomic E-state index is 14.3. The second-order valence-corrected chi connectivity index (χ2v) is 7.02. The predicted octanol–water partition coefficient (Wildman–Crippen LogP) is 3.49. The first kappa shape index (κ1) is 19.9. The zero-order chi connectivity index (χ0) is 19.9. The number of halogens is 1.